The summed E-state index contributed by atoms with van der Waals surface area (Å²) in [6, 6.07) is 14.2. The topological polar surface area (TPSA) is 145 Å². The summed E-state index contributed by atoms with van der Waals surface area (Å²) in [6.45, 7) is 5.95. The Hall–Kier alpha value is -5.09. The lowest BCUT2D eigenvalue weighted by molar-refractivity contribution is -0.154. The van der Waals surface area contributed by atoms with Gasteiger partial charge in [-0.2, -0.15) is 0 Å². The Labute approximate surface area is 412 Å². The molecule has 0 aromatic heterocycles. The normalized spacial score (nSPS) is 31.1. The van der Waals surface area contributed by atoms with Gasteiger partial charge in [0.1, 0.15) is 17.3 Å². The van der Waals surface area contributed by atoms with E-state index in [0.717, 1.165) is 61.6 Å². The number of hydrogen-bond donors (Lipinski definition) is 3. The molecule has 1 unspecified atom stereocenters. The fraction of sp³-hybridized carbons (Fsp3) is 0.527. The number of anilines is 1. The lowest BCUT2D eigenvalue weighted by atomic mass is 9.51. The Kier molecular flexibility index (Phi) is 11.3. The van der Waals surface area contributed by atoms with E-state index >= 15 is 9.18 Å². The van der Waals surface area contributed by atoms with E-state index in [1.165, 1.54) is 6.07 Å². The van der Waals surface area contributed by atoms with Crippen LogP contribution in [0.15, 0.2) is 54.6 Å². The molecule has 0 radical (unpaired) electrons. The van der Waals surface area contributed by atoms with Gasteiger partial charge in [0.2, 0.25) is 23.6 Å². The molecule has 14 heteroatoms. The van der Waals surface area contributed by atoms with Gasteiger partial charge >= 0.3 is 0 Å². The van der Waals surface area contributed by atoms with Crippen molar-refractivity contribution in [1.82, 2.24) is 20.4 Å². The van der Waals surface area contributed by atoms with Crippen molar-refractivity contribution in [3.63, 3.8) is 0 Å². The molecule has 9 aliphatic rings. The molecule has 5 amide bonds. The second-order valence-corrected chi connectivity index (χ2v) is 23.3. The van der Waals surface area contributed by atoms with Crippen LogP contribution in [-0.4, -0.2) is 75.8 Å². The highest BCUT2D eigenvalue weighted by Gasteiger charge is 2.73. The number of carbonyl (C=O) groups excluding carboxylic acids is 6. The van der Waals surface area contributed by atoms with Crippen molar-refractivity contribution in [1.29, 1.82) is 0 Å². The third-order valence-electron chi connectivity index (χ3n) is 18.3. The smallest absolute Gasteiger partial charge is 0.255 e. The number of fused-ring (bicyclic) bond motifs is 7. The number of Topliss-reactive ketones (excluding diaryl/α,β-unsaturated/α-hetero) is 1. The number of benzene rings is 3. The van der Waals surface area contributed by atoms with E-state index in [1.54, 1.807) is 35.2 Å². The van der Waals surface area contributed by atoms with Crippen LogP contribution < -0.4 is 16.0 Å². The number of imide groups is 1. The first kappa shape index (κ1) is 46.3. The maximum absolute atomic E-state index is 16.6. The Bertz CT molecular complexity index is 2780. The predicted octanol–water partition coefficient (Wildman–Crippen LogP) is 8.77. The summed E-state index contributed by atoms with van der Waals surface area (Å²) in [7, 11) is 0. The zero-order valence-electron chi connectivity index (χ0n) is 39.2. The van der Waals surface area contributed by atoms with Crippen molar-refractivity contribution in [2.75, 3.05) is 18.4 Å². The SMILES string of the molecule is CC1(C)CCC2(CC1)N[C@@H](C(=O)CC13CCC(C(=O)N4CCC(C#Cc5cccc6c5CN(C5CCC(=O)NC5=O)C6=O)CC4)(CC1)CC3)[C@H](c1cccc(Cl)c1F)[C@]21C(=O)Nc2cc(Cl)ccc21. The summed E-state index contributed by atoms with van der Waals surface area (Å²) in [6.07, 6.45) is 9.48. The highest BCUT2D eigenvalue weighted by Crippen LogP contribution is 2.65. The van der Waals surface area contributed by atoms with Gasteiger partial charge in [0, 0.05) is 77.1 Å². The lowest BCUT2D eigenvalue weighted by Gasteiger charge is -2.54. The largest absolute Gasteiger partial charge is 0.342 e. The molecular formula is C55H58Cl2FN5O6. The third-order valence-corrected chi connectivity index (χ3v) is 18.8. The summed E-state index contributed by atoms with van der Waals surface area (Å²) in [5, 5.41) is 9.78. The first-order valence-electron chi connectivity index (χ1n) is 24.9. The average molecular weight is 975 g/mol. The molecule has 5 aliphatic heterocycles. The fourth-order valence-electron chi connectivity index (χ4n) is 14.2. The zero-order valence-corrected chi connectivity index (χ0v) is 40.7. The van der Waals surface area contributed by atoms with Crippen molar-refractivity contribution in [3.8, 4) is 11.8 Å². The van der Waals surface area contributed by atoms with Crippen LogP contribution in [0.5, 0.6) is 0 Å². The van der Waals surface area contributed by atoms with Crippen LogP contribution in [0.4, 0.5) is 10.1 Å². The molecule has 2 bridgehead atoms. The molecule has 4 saturated carbocycles. The molecule has 3 aromatic rings. The van der Waals surface area contributed by atoms with Gasteiger partial charge in [0.15, 0.2) is 5.78 Å². The molecule has 69 heavy (non-hydrogen) atoms. The zero-order chi connectivity index (χ0) is 48.3. The molecule has 2 spiro atoms. The summed E-state index contributed by atoms with van der Waals surface area (Å²) in [4.78, 5) is 86.1. The molecule has 4 atom stereocenters. The van der Waals surface area contributed by atoms with Crippen LogP contribution in [0.1, 0.15) is 149 Å². The molecule has 7 fully saturated rings. The summed E-state index contributed by atoms with van der Waals surface area (Å²) in [5.74, 6) is 4.30. The standard InChI is InChI=1S/C55H58Cl2FN5O6/c1-51(2)17-25-54(26-18-51)55(38-12-11-34(56)29-40(38)59-49(55)68)44(36-7-4-8-39(57)45(36)58)46(61-54)42(64)30-52-19-22-53(23-20-52,24-21-52)50(69)62-27-15-32(16-28-62)9-10-33-5-3-6-35-37(33)31-63(48(35)67)41-13-14-43(65)60-47(41)66/h3-8,11-12,29,32,41,44,46,61H,13-28,30-31H2,1-2H3,(H,59,68)(H,60,65,66)/t41?,44-,46-,52?,53?,55+/m0/s1. The summed E-state index contributed by atoms with van der Waals surface area (Å²) >= 11 is 13.0. The molecule has 3 N–H and O–H groups in total. The Morgan fingerprint density at radius 1 is 0.841 bits per heavy atom. The van der Waals surface area contributed by atoms with Gasteiger partial charge in [-0.25, -0.2) is 4.39 Å². The number of likely N-dealkylation sites (tertiary alicyclic amines) is 1. The van der Waals surface area contributed by atoms with Gasteiger partial charge in [-0.05, 0) is 141 Å². The van der Waals surface area contributed by atoms with E-state index in [0.29, 0.717) is 67.9 Å². The predicted molar refractivity (Wildman–Crippen MR) is 259 cm³/mol. The highest BCUT2D eigenvalue weighted by atomic mass is 35.5. The van der Waals surface area contributed by atoms with Crippen molar-refractivity contribution in [3.05, 3.63) is 98.3 Å². The van der Waals surface area contributed by atoms with E-state index in [1.807, 2.05) is 23.1 Å². The Balaban J connectivity index is 0.782. The molecule has 360 valence electrons. The number of carbonyl (C=O) groups is 6. The molecule has 3 aromatic carbocycles. The number of rotatable bonds is 6. The van der Waals surface area contributed by atoms with Crippen LogP contribution >= 0.6 is 23.2 Å². The van der Waals surface area contributed by atoms with Crippen LogP contribution in [0, 0.1) is 39.8 Å². The molecule has 4 aliphatic carbocycles. The first-order chi connectivity index (χ1) is 33.0. The number of hydrogen-bond acceptors (Lipinski definition) is 7. The molecule has 3 saturated heterocycles. The Morgan fingerprint density at radius 2 is 1.55 bits per heavy atom. The van der Waals surface area contributed by atoms with E-state index < -0.39 is 46.1 Å². The number of halogens is 3. The quantitative estimate of drug-likeness (QED) is 0.166. The minimum atomic E-state index is -1.31. The van der Waals surface area contributed by atoms with Gasteiger partial charge in [0.05, 0.1) is 11.1 Å². The summed E-state index contributed by atoms with van der Waals surface area (Å²) < 4.78 is 16.6. The Morgan fingerprint density at radius 3 is 2.26 bits per heavy atom. The second kappa shape index (κ2) is 16.8. The van der Waals surface area contributed by atoms with Crippen molar-refractivity contribution >= 4 is 64.2 Å². The first-order valence-corrected chi connectivity index (χ1v) is 25.7. The van der Waals surface area contributed by atoms with Crippen LogP contribution in [-0.2, 0) is 35.9 Å². The van der Waals surface area contributed by atoms with Crippen LogP contribution in [0.2, 0.25) is 10.0 Å². The molecule has 11 nitrogen and oxygen atoms in total. The summed E-state index contributed by atoms with van der Waals surface area (Å²) in [5.41, 5.74) is 0.774. The number of piperidine rings is 2. The lowest BCUT2D eigenvalue weighted by Crippen LogP contribution is -2.61. The molecule has 12 rings (SSSR count). The van der Waals surface area contributed by atoms with E-state index in [4.69, 9.17) is 23.2 Å². The van der Waals surface area contributed by atoms with Crippen molar-refractivity contribution < 1.29 is 33.2 Å². The number of ketones is 1. The second-order valence-electron chi connectivity index (χ2n) is 22.4. The maximum Gasteiger partial charge on any atom is 0.255 e. The van der Waals surface area contributed by atoms with E-state index in [9.17, 15) is 24.0 Å². The fourth-order valence-corrected chi connectivity index (χ4v) is 14.6. The highest BCUT2D eigenvalue weighted by molar-refractivity contribution is 6.31. The molecular weight excluding hydrogens is 917 g/mol. The monoisotopic (exact) mass is 973 g/mol. The van der Waals surface area contributed by atoms with E-state index in [-0.39, 0.29) is 76.1 Å². The van der Waals surface area contributed by atoms with Crippen LogP contribution in [0.25, 0.3) is 0 Å². The average Bonchev–Trinajstić information content (AvgIpc) is 3.94. The molecule has 5 heterocycles. The van der Waals surface area contributed by atoms with E-state index in [2.05, 4.69) is 41.6 Å². The number of nitrogens with zero attached hydrogens (tertiary/aromatic N) is 2. The minimum absolute atomic E-state index is 0.0288. The van der Waals surface area contributed by atoms with Gasteiger partial charge in [-0.3, -0.25) is 39.4 Å². The van der Waals surface area contributed by atoms with Crippen LogP contribution in [0.3, 0.4) is 0 Å². The third kappa shape index (κ3) is 7.37. The van der Waals surface area contributed by atoms with Crippen molar-refractivity contribution in [2.24, 2.45) is 22.2 Å². The van der Waals surface area contributed by atoms with Gasteiger partial charge in [-0.1, -0.05) is 73.2 Å². The van der Waals surface area contributed by atoms with Gasteiger partial charge < -0.3 is 15.1 Å². The van der Waals surface area contributed by atoms with Gasteiger partial charge in [-0.15, -0.1) is 0 Å². The number of nitrogens with one attached hydrogen (secondary N) is 3. The number of amides is 5. The minimum Gasteiger partial charge on any atom is -0.342 e. The van der Waals surface area contributed by atoms with Gasteiger partial charge in [0.25, 0.3) is 5.91 Å². The maximum atomic E-state index is 16.6. The van der Waals surface area contributed by atoms with Crippen molar-refractivity contribution in [2.45, 2.75) is 146 Å².